The molecule has 0 aliphatic carbocycles. The molecular weight excluding hydrogens is 447 g/mol. The van der Waals surface area contributed by atoms with Crippen LogP contribution in [0.25, 0.3) is 0 Å². The number of nitrogens with zero attached hydrogens (tertiary/aromatic N) is 6. The molecule has 2 saturated heterocycles. The van der Waals surface area contributed by atoms with Crippen LogP contribution in [0.5, 0.6) is 0 Å². The third-order valence-electron chi connectivity index (χ3n) is 6.99. The molecule has 3 aliphatic rings. The number of hydrogen-bond acceptors (Lipinski definition) is 5. The Labute approximate surface area is 204 Å². The van der Waals surface area contributed by atoms with Crippen molar-refractivity contribution in [2.24, 2.45) is 4.99 Å². The molecule has 5 rings (SSSR count). The van der Waals surface area contributed by atoms with Crippen LogP contribution in [-0.2, 0) is 17.9 Å². The van der Waals surface area contributed by atoms with E-state index >= 15 is 0 Å². The summed E-state index contributed by atoms with van der Waals surface area (Å²) in [6, 6.07) is 15.9. The molecule has 8 nitrogen and oxygen atoms in total. The summed E-state index contributed by atoms with van der Waals surface area (Å²) < 4.78 is 16.4. The lowest BCUT2D eigenvalue weighted by atomic mass is 10.1. The van der Waals surface area contributed by atoms with E-state index in [0.29, 0.717) is 23.8 Å². The normalized spacial score (nSPS) is 21.6. The number of halogens is 1. The molecule has 3 aliphatic heterocycles. The van der Waals surface area contributed by atoms with Crippen molar-refractivity contribution < 1.29 is 18.6 Å². The van der Waals surface area contributed by atoms with Gasteiger partial charge < -0.3 is 0 Å². The van der Waals surface area contributed by atoms with Crippen molar-refractivity contribution in [3.63, 3.8) is 0 Å². The fourth-order valence-electron chi connectivity index (χ4n) is 4.91. The number of amidine groups is 2. The number of carbonyl (C=O) groups is 2. The van der Waals surface area contributed by atoms with Gasteiger partial charge >= 0.3 is 11.9 Å². The van der Waals surface area contributed by atoms with Gasteiger partial charge in [-0.3, -0.25) is 24.4 Å². The summed E-state index contributed by atoms with van der Waals surface area (Å²) in [5.74, 6) is 0.432. The zero-order valence-electron chi connectivity index (χ0n) is 20.1. The number of imide groups is 1. The van der Waals surface area contributed by atoms with E-state index in [2.05, 4.69) is 34.1 Å². The maximum Gasteiger partial charge on any atom is 0.333 e. The first kappa shape index (κ1) is 23.3. The second-order valence-electron chi connectivity index (χ2n) is 9.28. The number of carbonyl (C=O) groups excluding carboxylic acids is 2. The quantitative estimate of drug-likeness (QED) is 0.596. The van der Waals surface area contributed by atoms with E-state index in [1.54, 1.807) is 25.2 Å². The highest BCUT2D eigenvalue weighted by atomic mass is 19.1. The summed E-state index contributed by atoms with van der Waals surface area (Å²) in [5.41, 5.74) is 1.79. The number of aliphatic imine (C=N–C) groups is 1. The molecule has 2 aromatic carbocycles. The van der Waals surface area contributed by atoms with Crippen molar-refractivity contribution in [1.82, 2.24) is 19.6 Å². The van der Waals surface area contributed by atoms with Gasteiger partial charge in [0.1, 0.15) is 18.9 Å². The predicted octanol–water partition coefficient (Wildman–Crippen LogP) is 1.86. The maximum absolute atomic E-state index is 14.5. The molecule has 1 atom stereocenters. The van der Waals surface area contributed by atoms with E-state index in [0.717, 1.165) is 37.6 Å². The first-order valence-corrected chi connectivity index (χ1v) is 11.9. The zero-order valence-corrected chi connectivity index (χ0v) is 20.1. The van der Waals surface area contributed by atoms with Crippen LogP contribution in [0.3, 0.4) is 0 Å². The minimum Gasteiger partial charge on any atom is -0.297 e. The van der Waals surface area contributed by atoms with Gasteiger partial charge in [0, 0.05) is 52.4 Å². The van der Waals surface area contributed by atoms with Gasteiger partial charge in [-0.15, -0.1) is 0 Å². The Balaban J connectivity index is 1.36. The van der Waals surface area contributed by atoms with Gasteiger partial charge in [-0.2, -0.15) is 0 Å². The van der Waals surface area contributed by atoms with Gasteiger partial charge in [0.15, 0.2) is 0 Å². The van der Waals surface area contributed by atoms with Crippen LogP contribution >= 0.6 is 0 Å². The van der Waals surface area contributed by atoms with Gasteiger partial charge in [0.05, 0.1) is 0 Å². The van der Waals surface area contributed by atoms with E-state index < -0.39 is 12.1 Å². The van der Waals surface area contributed by atoms with Gasteiger partial charge in [0.2, 0.25) is 0 Å². The topological polar surface area (TPSA) is 62.5 Å². The number of piperazine rings is 1. The molecule has 2 aromatic rings. The zero-order chi connectivity index (χ0) is 24.5. The predicted molar refractivity (Wildman–Crippen MR) is 131 cm³/mol. The van der Waals surface area contributed by atoms with E-state index in [4.69, 9.17) is 4.99 Å². The molecule has 35 heavy (non-hydrogen) atoms. The van der Waals surface area contributed by atoms with Crippen molar-refractivity contribution in [3.8, 4) is 0 Å². The fourth-order valence-corrected chi connectivity index (χ4v) is 4.91. The Morgan fingerprint density at radius 3 is 2.20 bits per heavy atom. The molecule has 9 heteroatoms. The monoisotopic (exact) mass is 477 g/mol. The smallest absolute Gasteiger partial charge is 0.297 e. The molecular formula is C26H30FN6O2+. The Hall–Kier alpha value is -3.43. The highest BCUT2D eigenvalue weighted by Crippen LogP contribution is 2.22. The number of amides is 3. The number of fused-ring (bicyclic) bond motifs is 1. The molecule has 1 unspecified atom stereocenters. The average molecular weight is 478 g/mol. The molecule has 0 bridgehead atoms. The van der Waals surface area contributed by atoms with Gasteiger partial charge in [-0.1, -0.05) is 48.5 Å². The molecule has 182 valence electrons. The minimum absolute atomic E-state index is 0.204. The van der Waals surface area contributed by atoms with Crippen LogP contribution in [0.2, 0.25) is 0 Å². The largest absolute Gasteiger partial charge is 0.333 e. The average Bonchev–Trinajstić information content (AvgIpc) is 3.22. The third-order valence-corrected chi connectivity index (χ3v) is 6.99. The van der Waals surface area contributed by atoms with Gasteiger partial charge in [-0.25, -0.2) is 13.8 Å². The standard InChI is InChI=1S/C26H30FN6O2/c1-29-24-23(25(34)30(2)26(29)35)33(17-20-10-6-7-11-21(20)27)22(28-24)18-32-14-12-31(13-15-32)16-19-8-4-3-5-9-19/h3-11,23H,12-18H2,1-2H3/q+1. The van der Waals surface area contributed by atoms with Crippen LogP contribution < -0.4 is 0 Å². The van der Waals surface area contributed by atoms with Crippen LogP contribution in [-0.4, -0.2) is 101 Å². The lowest BCUT2D eigenvalue weighted by molar-refractivity contribution is -0.552. The molecule has 0 N–H and O–H groups in total. The van der Waals surface area contributed by atoms with Crippen molar-refractivity contribution in [2.75, 3.05) is 46.8 Å². The first-order valence-electron chi connectivity index (χ1n) is 11.9. The molecule has 0 saturated carbocycles. The molecule has 0 spiro atoms. The summed E-state index contributed by atoms with van der Waals surface area (Å²) in [6.07, 6.45) is 0. The maximum atomic E-state index is 14.5. The molecule has 0 radical (unpaired) electrons. The number of likely N-dealkylation sites (N-methyl/N-ethyl adjacent to an activating group) is 2. The highest BCUT2D eigenvalue weighted by Gasteiger charge is 2.53. The summed E-state index contributed by atoms with van der Waals surface area (Å²) in [7, 11) is 3.10. The SMILES string of the molecule is CN1C(=O)C2C(=NC(CN3CCN(Cc4ccccc4)CC3)=[N+]2Cc2ccccc2F)N(C)C1=O. The summed E-state index contributed by atoms with van der Waals surface area (Å²) in [6.45, 7) is 5.24. The minimum atomic E-state index is -0.739. The molecule has 2 fully saturated rings. The molecule has 3 amide bonds. The lowest BCUT2D eigenvalue weighted by Gasteiger charge is -2.34. The van der Waals surface area contributed by atoms with Gasteiger partial charge in [0.25, 0.3) is 17.8 Å². The van der Waals surface area contributed by atoms with Crippen LogP contribution in [0, 0.1) is 5.82 Å². The number of benzene rings is 2. The summed E-state index contributed by atoms with van der Waals surface area (Å²) >= 11 is 0. The van der Waals surface area contributed by atoms with E-state index in [1.807, 2.05) is 10.6 Å². The van der Waals surface area contributed by atoms with Crippen molar-refractivity contribution >= 4 is 23.6 Å². The lowest BCUT2D eigenvalue weighted by Crippen LogP contribution is -2.61. The van der Waals surface area contributed by atoms with Crippen LogP contribution in [0.15, 0.2) is 59.6 Å². The van der Waals surface area contributed by atoms with Crippen molar-refractivity contribution in [3.05, 3.63) is 71.5 Å². The number of urea groups is 1. The highest BCUT2D eigenvalue weighted by molar-refractivity contribution is 6.23. The Kier molecular flexibility index (Phi) is 6.44. The Morgan fingerprint density at radius 2 is 1.51 bits per heavy atom. The van der Waals surface area contributed by atoms with Crippen LogP contribution in [0.4, 0.5) is 9.18 Å². The van der Waals surface area contributed by atoms with E-state index in [1.165, 1.54) is 23.6 Å². The van der Waals surface area contributed by atoms with Crippen molar-refractivity contribution in [1.29, 1.82) is 0 Å². The molecule has 0 aromatic heterocycles. The third kappa shape index (κ3) is 4.61. The number of rotatable bonds is 6. The Morgan fingerprint density at radius 1 is 0.886 bits per heavy atom. The molecule has 3 heterocycles. The summed E-state index contributed by atoms with van der Waals surface area (Å²) in [5, 5.41) is 0. The van der Waals surface area contributed by atoms with Crippen LogP contribution in [0.1, 0.15) is 11.1 Å². The fraction of sp³-hybridized carbons (Fsp3) is 0.385. The van der Waals surface area contributed by atoms with Gasteiger partial charge in [-0.05, 0) is 16.6 Å². The van der Waals surface area contributed by atoms with E-state index in [-0.39, 0.29) is 18.3 Å². The van der Waals surface area contributed by atoms with Crippen molar-refractivity contribution in [2.45, 2.75) is 19.1 Å². The number of hydrogen-bond donors (Lipinski definition) is 0. The van der Waals surface area contributed by atoms with E-state index in [9.17, 15) is 14.0 Å². The summed E-state index contributed by atoms with van der Waals surface area (Å²) in [4.78, 5) is 37.7. The second kappa shape index (κ2) is 9.67. The second-order valence-corrected chi connectivity index (χ2v) is 9.28. The first-order chi connectivity index (χ1) is 16.9. The Bertz CT molecular complexity index is 1190.